The molecule has 1 aromatic rings. The molecule has 1 aliphatic rings. The highest BCUT2D eigenvalue weighted by Gasteiger charge is 2.48. The van der Waals surface area contributed by atoms with Crippen LogP contribution in [0.5, 0.6) is 0 Å². The Labute approximate surface area is 131 Å². The molecule has 1 heterocycles. The minimum absolute atomic E-state index is 0.154. The smallest absolute Gasteiger partial charge is 0.223 e. The van der Waals surface area contributed by atoms with E-state index in [-0.39, 0.29) is 11.3 Å². The average Bonchev–Trinajstić information content (AvgIpc) is 2.65. The maximum atomic E-state index is 12.2. The van der Waals surface area contributed by atoms with Crippen molar-refractivity contribution in [2.75, 3.05) is 18.8 Å². The maximum Gasteiger partial charge on any atom is 0.223 e. The summed E-state index contributed by atoms with van der Waals surface area (Å²) in [7, 11) is 0. The summed E-state index contributed by atoms with van der Waals surface area (Å²) < 4.78 is 0. The molecule has 0 saturated carbocycles. The lowest BCUT2D eigenvalue weighted by molar-refractivity contribution is -0.130. The summed E-state index contributed by atoms with van der Waals surface area (Å²) in [5.74, 6) is 1.92. The first-order chi connectivity index (χ1) is 9.82. The van der Waals surface area contributed by atoms with Gasteiger partial charge in [0.1, 0.15) is 0 Å². The molecule has 0 unspecified atom stereocenters. The molecule has 1 fully saturated rings. The number of β-amino-alcohol motifs (C(OH)–C–C–N with tert-alkyl or cyclic N) is 1. The van der Waals surface area contributed by atoms with Gasteiger partial charge in [-0.25, -0.2) is 0 Å². The lowest BCUT2D eigenvalue weighted by Crippen LogP contribution is -2.40. The zero-order valence-corrected chi connectivity index (χ0v) is 13.9. The van der Waals surface area contributed by atoms with Crippen LogP contribution in [0.4, 0.5) is 0 Å². The number of likely N-dealkylation sites (tertiary alicyclic amines) is 1. The number of aliphatic hydroxyl groups is 1. The highest BCUT2D eigenvalue weighted by atomic mass is 32.2. The summed E-state index contributed by atoms with van der Waals surface area (Å²) in [5, 5.41) is 10.4. The number of benzene rings is 1. The monoisotopic (exact) mass is 307 g/mol. The van der Waals surface area contributed by atoms with Gasteiger partial charge in [-0.3, -0.25) is 4.79 Å². The lowest BCUT2D eigenvalue weighted by Gasteiger charge is -2.30. The number of carbonyl (C=O) groups is 1. The summed E-state index contributed by atoms with van der Waals surface area (Å²) in [6.07, 6.45) is 0.545. The fourth-order valence-electron chi connectivity index (χ4n) is 2.55. The first kappa shape index (κ1) is 16.4. The van der Waals surface area contributed by atoms with E-state index in [4.69, 9.17) is 0 Å². The molecule has 3 nitrogen and oxygen atoms in total. The van der Waals surface area contributed by atoms with E-state index in [0.29, 0.717) is 19.5 Å². The van der Waals surface area contributed by atoms with Crippen LogP contribution in [0, 0.1) is 5.41 Å². The van der Waals surface area contributed by atoms with E-state index in [1.807, 2.05) is 43.9 Å². The summed E-state index contributed by atoms with van der Waals surface area (Å²) in [6.45, 7) is 6.95. The van der Waals surface area contributed by atoms with Crippen LogP contribution < -0.4 is 0 Å². The minimum Gasteiger partial charge on any atom is -0.388 e. The van der Waals surface area contributed by atoms with Gasteiger partial charge in [-0.15, -0.1) is 0 Å². The van der Waals surface area contributed by atoms with Gasteiger partial charge < -0.3 is 10.0 Å². The van der Waals surface area contributed by atoms with Crippen LogP contribution in [0.15, 0.2) is 30.3 Å². The molecule has 116 valence electrons. The molecule has 4 heteroatoms. The Bertz CT molecular complexity index is 469. The fourth-order valence-corrected chi connectivity index (χ4v) is 3.44. The topological polar surface area (TPSA) is 40.5 Å². The molecule has 0 aliphatic carbocycles. The van der Waals surface area contributed by atoms with Crippen LogP contribution in [-0.2, 0) is 10.5 Å². The fraction of sp³-hybridized carbons (Fsp3) is 0.588. The predicted octanol–water partition coefficient (Wildman–Crippen LogP) is 2.93. The summed E-state index contributed by atoms with van der Waals surface area (Å²) in [6, 6.07) is 10.3. The first-order valence-corrected chi connectivity index (χ1v) is 8.59. The molecule has 21 heavy (non-hydrogen) atoms. The second-order valence-electron chi connectivity index (χ2n) is 6.70. The van der Waals surface area contributed by atoms with Crippen molar-refractivity contribution in [3.05, 3.63) is 35.9 Å². The van der Waals surface area contributed by atoms with Gasteiger partial charge in [0, 0.05) is 36.4 Å². The Morgan fingerprint density at radius 3 is 2.48 bits per heavy atom. The quantitative estimate of drug-likeness (QED) is 0.850. The molecule has 0 aromatic heterocycles. The van der Waals surface area contributed by atoms with Gasteiger partial charge in [0.2, 0.25) is 5.91 Å². The molecule has 1 atom stereocenters. The molecular formula is C17H25NO2S. The van der Waals surface area contributed by atoms with Gasteiger partial charge in [-0.1, -0.05) is 44.2 Å². The van der Waals surface area contributed by atoms with Crippen LogP contribution in [0.25, 0.3) is 0 Å². The highest BCUT2D eigenvalue weighted by molar-refractivity contribution is 7.98. The van der Waals surface area contributed by atoms with Gasteiger partial charge >= 0.3 is 0 Å². The standard InChI is InChI=1S/C17H25NO2S/c1-16(2)12-18(13-17(16,3)20)15(19)9-10-21-11-14-7-5-4-6-8-14/h4-8,20H,9-13H2,1-3H3/t17-/m0/s1. The first-order valence-electron chi connectivity index (χ1n) is 7.44. The minimum atomic E-state index is -0.792. The van der Waals surface area contributed by atoms with Gasteiger partial charge in [0.05, 0.1) is 5.60 Å². The van der Waals surface area contributed by atoms with E-state index < -0.39 is 5.60 Å². The van der Waals surface area contributed by atoms with Crippen LogP contribution in [0.2, 0.25) is 0 Å². The Balaban J connectivity index is 1.74. The van der Waals surface area contributed by atoms with E-state index in [0.717, 1.165) is 11.5 Å². The Morgan fingerprint density at radius 1 is 1.24 bits per heavy atom. The second kappa shape index (κ2) is 6.41. The van der Waals surface area contributed by atoms with Crippen molar-refractivity contribution in [1.29, 1.82) is 0 Å². The number of hydrogen-bond donors (Lipinski definition) is 1. The molecule has 2 rings (SSSR count). The summed E-state index contributed by atoms with van der Waals surface area (Å²) >= 11 is 1.78. The molecule has 0 bridgehead atoms. The van der Waals surface area contributed by atoms with Crippen molar-refractivity contribution in [1.82, 2.24) is 4.90 Å². The van der Waals surface area contributed by atoms with Crippen LogP contribution in [0.3, 0.4) is 0 Å². The van der Waals surface area contributed by atoms with Crippen molar-refractivity contribution >= 4 is 17.7 Å². The van der Waals surface area contributed by atoms with Gasteiger partial charge in [0.15, 0.2) is 0 Å². The third kappa shape index (κ3) is 4.01. The van der Waals surface area contributed by atoms with Gasteiger partial charge in [0.25, 0.3) is 0 Å². The van der Waals surface area contributed by atoms with E-state index in [1.54, 1.807) is 11.8 Å². The van der Waals surface area contributed by atoms with Crippen LogP contribution in [0.1, 0.15) is 32.8 Å². The summed E-state index contributed by atoms with van der Waals surface area (Å²) in [5.41, 5.74) is 0.264. The van der Waals surface area contributed by atoms with E-state index in [9.17, 15) is 9.90 Å². The van der Waals surface area contributed by atoms with Crippen LogP contribution in [-0.4, -0.2) is 40.4 Å². The number of hydrogen-bond acceptors (Lipinski definition) is 3. The third-order valence-corrected chi connectivity index (χ3v) is 5.50. The molecule has 0 spiro atoms. The zero-order valence-electron chi connectivity index (χ0n) is 13.1. The Hall–Kier alpha value is -1.00. The van der Waals surface area contributed by atoms with Crippen molar-refractivity contribution in [3.63, 3.8) is 0 Å². The van der Waals surface area contributed by atoms with Gasteiger partial charge in [-0.2, -0.15) is 11.8 Å². The van der Waals surface area contributed by atoms with Gasteiger partial charge in [-0.05, 0) is 12.5 Å². The SMILES string of the molecule is CC1(C)CN(C(=O)CCSCc2ccccc2)C[C@]1(C)O. The predicted molar refractivity (Wildman–Crippen MR) is 88.2 cm³/mol. The molecule has 1 aromatic carbocycles. The maximum absolute atomic E-state index is 12.2. The van der Waals surface area contributed by atoms with E-state index in [2.05, 4.69) is 12.1 Å². The number of nitrogens with zero attached hydrogens (tertiary/aromatic N) is 1. The molecule has 1 saturated heterocycles. The second-order valence-corrected chi connectivity index (χ2v) is 7.80. The Morgan fingerprint density at radius 2 is 1.90 bits per heavy atom. The summed E-state index contributed by atoms with van der Waals surface area (Å²) in [4.78, 5) is 14.0. The number of rotatable bonds is 5. The highest BCUT2D eigenvalue weighted by Crippen LogP contribution is 2.38. The van der Waals surface area contributed by atoms with Crippen molar-refractivity contribution in [2.24, 2.45) is 5.41 Å². The average molecular weight is 307 g/mol. The largest absolute Gasteiger partial charge is 0.388 e. The van der Waals surface area contributed by atoms with E-state index >= 15 is 0 Å². The van der Waals surface area contributed by atoms with E-state index in [1.165, 1.54) is 5.56 Å². The number of carbonyl (C=O) groups excluding carboxylic acids is 1. The normalized spacial score (nSPS) is 24.3. The lowest BCUT2D eigenvalue weighted by atomic mass is 9.79. The van der Waals surface area contributed by atoms with Crippen LogP contribution >= 0.6 is 11.8 Å². The van der Waals surface area contributed by atoms with Crippen molar-refractivity contribution in [3.8, 4) is 0 Å². The van der Waals surface area contributed by atoms with Crippen molar-refractivity contribution < 1.29 is 9.90 Å². The molecule has 1 N–H and O–H groups in total. The molecular weight excluding hydrogens is 282 g/mol. The number of thioether (sulfide) groups is 1. The molecule has 0 radical (unpaired) electrons. The number of amides is 1. The zero-order chi connectivity index (χ0) is 15.5. The Kier molecular flexibility index (Phi) is 4.99. The third-order valence-electron chi connectivity index (χ3n) is 4.47. The molecule has 1 aliphatic heterocycles. The van der Waals surface area contributed by atoms with Crippen molar-refractivity contribution in [2.45, 2.75) is 38.5 Å². The molecule has 1 amide bonds.